The van der Waals surface area contributed by atoms with Gasteiger partial charge in [0.25, 0.3) is 0 Å². The molecule has 126 valence electrons. The van der Waals surface area contributed by atoms with Crippen LogP contribution >= 0.6 is 11.6 Å². The molecule has 0 spiro atoms. The molecule has 2 fully saturated rings. The van der Waals surface area contributed by atoms with Crippen molar-refractivity contribution in [1.29, 1.82) is 0 Å². The molecular formula is C17H22ClNO4. The Balaban J connectivity index is 1.80. The normalized spacial score (nSPS) is 27.0. The molecule has 0 unspecified atom stereocenters. The maximum atomic E-state index is 11.8. The van der Waals surface area contributed by atoms with Crippen molar-refractivity contribution in [2.45, 2.75) is 25.8 Å². The molecule has 0 bridgehead atoms. The first-order valence-corrected chi connectivity index (χ1v) is 8.24. The monoisotopic (exact) mass is 339 g/mol. The fourth-order valence-corrected chi connectivity index (χ4v) is 4.45. The van der Waals surface area contributed by atoms with Crippen LogP contribution in [0.3, 0.4) is 0 Å². The van der Waals surface area contributed by atoms with Crippen LogP contribution in [0.25, 0.3) is 0 Å². The standard InChI is InChI=1S/C17H22ClNO4/c1-22-13-6-5-11(14(18)15(13)23-2)8-19-9-12-4-3-7-17(12,10-19)16(20)21/h5-6,12H,3-4,7-10H2,1-2H3,(H,20,21)/t12-,17+/m0/s1. The second kappa shape index (κ2) is 6.21. The van der Waals surface area contributed by atoms with Crippen molar-refractivity contribution in [3.05, 3.63) is 22.7 Å². The maximum Gasteiger partial charge on any atom is 0.311 e. The van der Waals surface area contributed by atoms with E-state index in [1.165, 1.54) is 0 Å². The molecule has 3 rings (SSSR count). The number of hydrogen-bond donors (Lipinski definition) is 1. The van der Waals surface area contributed by atoms with Crippen molar-refractivity contribution in [1.82, 2.24) is 4.90 Å². The van der Waals surface area contributed by atoms with Crippen LogP contribution < -0.4 is 9.47 Å². The van der Waals surface area contributed by atoms with Crippen LogP contribution in [0.5, 0.6) is 11.5 Å². The summed E-state index contributed by atoms with van der Waals surface area (Å²) >= 11 is 6.44. The molecule has 0 amide bonds. The van der Waals surface area contributed by atoms with Gasteiger partial charge in [0.2, 0.25) is 0 Å². The third kappa shape index (κ3) is 2.66. The van der Waals surface area contributed by atoms with Gasteiger partial charge in [-0.15, -0.1) is 0 Å². The summed E-state index contributed by atoms with van der Waals surface area (Å²) < 4.78 is 10.6. The van der Waals surface area contributed by atoms with E-state index in [-0.39, 0.29) is 5.92 Å². The molecule has 2 aliphatic rings. The van der Waals surface area contributed by atoms with E-state index >= 15 is 0 Å². The molecule has 1 aliphatic heterocycles. The number of hydrogen-bond acceptors (Lipinski definition) is 4. The number of carboxylic acid groups (broad SMARTS) is 1. The van der Waals surface area contributed by atoms with Gasteiger partial charge in [0, 0.05) is 19.6 Å². The lowest BCUT2D eigenvalue weighted by Gasteiger charge is -2.24. The zero-order chi connectivity index (χ0) is 16.6. The number of fused-ring (bicyclic) bond motifs is 1. The topological polar surface area (TPSA) is 59.0 Å². The minimum absolute atomic E-state index is 0.249. The molecule has 1 aliphatic carbocycles. The van der Waals surface area contributed by atoms with Gasteiger partial charge in [0.1, 0.15) is 0 Å². The van der Waals surface area contributed by atoms with E-state index in [1.54, 1.807) is 14.2 Å². The average molecular weight is 340 g/mol. The molecule has 1 aromatic rings. The Kier molecular flexibility index (Phi) is 4.43. The molecule has 1 heterocycles. The van der Waals surface area contributed by atoms with Crippen LogP contribution in [0.15, 0.2) is 12.1 Å². The summed E-state index contributed by atoms with van der Waals surface area (Å²) in [7, 11) is 3.14. The molecule has 0 aromatic heterocycles. The predicted octanol–water partition coefficient (Wildman–Crippen LogP) is 3.04. The Labute approximate surface area is 141 Å². The molecular weight excluding hydrogens is 318 g/mol. The van der Waals surface area contributed by atoms with Crippen molar-refractivity contribution in [3.63, 3.8) is 0 Å². The lowest BCUT2D eigenvalue weighted by Crippen LogP contribution is -2.35. The summed E-state index contributed by atoms with van der Waals surface area (Å²) in [5.41, 5.74) is 0.369. The summed E-state index contributed by atoms with van der Waals surface area (Å²) in [5, 5.41) is 10.2. The minimum Gasteiger partial charge on any atom is -0.493 e. The number of carboxylic acids is 1. The van der Waals surface area contributed by atoms with Gasteiger partial charge in [-0.25, -0.2) is 0 Å². The second-order valence-electron chi connectivity index (χ2n) is 6.49. The van der Waals surface area contributed by atoms with E-state index in [0.717, 1.165) is 31.4 Å². The zero-order valence-electron chi connectivity index (χ0n) is 13.5. The van der Waals surface area contributed by atoms with E-state index in [1.807, 2.05) is 12.1 Å². The van der Waals surface area contributed by atoms with Gasteiger partial charge in [0.05, 0.1) is 24.7 Å². The third-order valence-electron chi connectivity index (χ3n) is 5.33. The quantitative estimate of drug-likeness (QED) is 0.893. The number of likely N-dealkylation sites (tertiary alicyclic amines) is 1. The number of carbonyl (C=O) groups is 1. The summed E-state index contributed by atoms with van der Waals surface area (Å²) in [4.78, 5) is 14.0. The summed E-state index contributed by atoms with van der Waals surface area (Å²) in [6.07, 6.45) is 2.80. The zero-order valence-corrected chi connectivity index (χ0v) is 14.2. The van der Waals surface area contributed by atoms with Crippen LogP contribution in [0, 0.1) is 11.3 Å². The fraction of sp³-hybridized carbons (Fsp3) is 0.588. The number of rotatable bonds is 5. The van der Waals surface area contributed by atoms with Crippen LogP contribution in [0.1, 0.15) is 24.8 Å². The Morgan fingerprint density at radius 2 is 2.22 bits per heavy atom. The number of nitrogens with zero attached hydrogens (tertiary/aromatic N) is 1. The number of aliphatic carboxylic acids is 1. The van der Waals surface area contributed by atoms with Crippen molar-refractivity contribution in [2.24, 2.45) is 11.3 Å². The van der Waals surface area contributed by atoms with Gasteiger partial charge in [0.15, 0.2) is 11.5 Å². The second-order valence-corrected chi connectivity index (χ2v) is 6.87. The lowest BCUT2D eigenvalue weighted by atomic mass is 9.81. The maximum absolute atomic E-state index is 11.8. The Hall–Kier alpha value is -1.46. The minimum atomic E-state index is -0.652. The highest BCUT2D eigenvalue weighted by atomic mass is 35.5. The van der Waals surface area contributed by atoms with Crippen LogP contribution in [-0.2, 0) is 11.3 Å². The summed E-state index contributed by atoms with van der Waals surface area (Å²) in [6, 6.07) is 3.76. The molecule has 6 heteroatoms. The van der Waals surface area contributed by atoms with Gasteiger partial charge in [-0.2, -0.15) is 0 Å². The van der Waals surface area contributed by atoms with Crippen LogP contribution in [0.2, 0.25) is 5.02 Å². The first-order valence-electron chi connectivity index (χ1n) is 7.87. The molecule has 5 nitrogen and oxygen atoms in total. The molecule has 0 radical (unpaired) electrons. The molecule has 1 saturated carbocycles. The van der Waals surface area contributed by atoms with E-state index in [9.17, 15) is 9.90 Å². The lowest BCUT2D eigenvalue weighted by molar-refractivity contribution is -0.149. The highest BCUT2D eigenvalue weighted by Crippen LogP contribution is 2.49. The van der Waals surface area contributed by atoms with E-state index < -0.39 is 11.4 Å². The van der Waals surface area contributed by atoms with Crippen molar-refractivity contribution < 1.29 is 19.4 Å². The first kappa shape index (κ1) is 16.4. The van der Waals surface area contributed by atoms with Gasteiger partial charge >= 0.3 is 5.97 Å². The SMILES string of the molecule is COc1ccc(CN2C[C@@H]3CCC[C@@]3(C(=O)O)C2)c(Cl)c1OC. The smallest absolute Gasteiger partial charge is 0.311 e. The highest BCUT2D eigenvalue weighted by Gasteiger charge is 2.54. The molecule has 2 atom stereocenters. The highest BCUT2D eigenvalue weighted by molar-refractivity contribution is 6.33. The number of ether oxygens (including phenoxy) is 2. The van der Waals surface area contributed by atoms with Crippen LogP contribution in [-0.4, -0.2) is 43.3 Å². The van der Waals surface area contributed by atoms with Gasteiger partial charge in [-0.1, -0.05) is 24.1 Å². The Morgan fingerprint density at radius 1 is 1.43 bits per heavy atom. The first-order chi connectivity index (χ1) is 11.0. The number of halogens is 1. The van der Waals surface area contributed by atoms with E-state index in [4.69, 9.17) is 21.1 Å². The van der Waals surface area contributed by atoms with Crippen molar-refractivity contribution >= 4 is 17.6 Å². The number of benzene rings is 1. The summed E-state index contributed by atoms with van der Waals surface area (Å²) in [6.45, 7) is 2.04. The van der Waals surface area contributed by atoms with Gasteiger partial charge in [-0.05, 0) is 30.4 Å². The Bertz CT molecular complexity index is 621. The van der Waals surface area contributed by atoms with Crippen molar-refractivity contribution in [3.8, 4) is 11.5 Å². The van der Waals surface area contributed by atoms with Crippen LogP contribution in [0.4, 0.5) is 0 Å². The number of methoxy groups -OCH3 is 2. The summed E-state index contributed by atoms with van der Waals surface area (Å²) in [5.74, 6) is 0.723. The fourth-order valence-electron chi connectivity index (χ4n) is 4.16. The molecule has 1 aromatic carbocycles. The van der Waals surface area contributed by atoms with Gasteiger partial charge < -0.3 is 14.6 Å². The van der Waals surface area contributed by atoms with E-state index in [2.05, 4.69) is 4.90 Å². The molecule has 23 heavy (non-hydrogen) atoms. The van der Waals surface area contributed by atoms with Gasteiger partial charge in [-0.3, -0.25) is 9.69 Å². The Morgan fingerprint density at radius 3 is 2.83 bits per heavy atom. The third-order valence-corrected chi connectivity index (χ3v) is 5.74. The predicted molar refractivity (Wildman–Crippen MR) is 87.2 cm³/mol. The largest absolute Gasteiger partial charge is 0.493 e. The van der Waals surface area contributed by atoms with E-state index in [0.29, 0.717) is 29.6 Å². The molecule has 1 saturated heterocycles. The van der Waals surface area contributed by atoms with Crippen molar-refractivity contribution in [2.75, 3.05) is 27.3 Å². The molecule has 1 N–H and O–H groups in total. The average Bonchev–Trinajstić information content (AvgIpc) is 3.06.